The van der Waals surface area contributed by atoms with E-state index in [0.717, 1.165) is 28.1 Å². The summed E-state index contributed by atoms with van der Waals surface area (Å²) >= 11 is 0. The van der Waals surface area contributed by atoms with Gasteiger partial charge in [-0.3, -0.25) is 9.00 Å². The minimum absolute atomic E-state index is 0.125. The number of carbonyl (C=O) groups excluding carboxylic acids is 1. The number of rotatable bonds is 8. The van der Waals surface area contributed by atoms with Gasteiger partial charge in [0, 0.05) is 48.8 Å². The Morgan fingerprint density at radius 2 is 1.95 bits per heavy atom. The Bertz CT molecular complexity index is 1770. The van der Waals surface area contributed by atoms with Crippen molar-refractivity contribution >= 4 is 37.6 Å². The number of benzene rings is 1. The second kappa shape index (κ2) is 10.5. The minimum atomic E-state index is -2.66. The van der Waals surface area contributed by atoms with E-state index in [2.05, 4.69) is 34.6 Å². The lowest BCUT2D eigenvalue weighted by Gasteiger charge is -2.35. The Kier molecular flexibility index (Phi) is 7.09. The number of primary amides is 1. The van der Waals surface area contributed by atoms with Gasteiger partial charge in [0.25, 0.3) is 0 Å². The smallest absolute Gasteiger partial charge is 0.227 e. The standard InChI is InChI=1S/C32H38N6O3S/c1-22-20-41-17-16-38(22)27-18-26(32(12-13-32)42(4,40)21-31(2,3)30(33)39)35-28(36-27)24-10-14-34-29-25(24)11-15-37(29)19-23-8-6-5-7-9-23/h5-11,14-15,18,21-22H,12-13,16-17,19-20H2,1-4H3,(H2,33,39)/t22-,42-/m1/s1. The van der Waals surface area contributed by atoms with Crippen LogP contribution < -0.4 is 10.6 Å². The van der Waals surface area contributed by atoms with Crippen LogP contribution in [0.2, 0.25) is 0 Å². The average Bonchev–Trinajstić information content (AvgIpc) is 3.70. The number of morpholine rings is 1. The molecule has 220 valence electrons. The molecule has 1 aromatic carbocycles. The van der Waals surface area contributed by atoms with Gasteiger partial charge in [-0.15, -0.1) is 0 Å². The normalized spacial score (nSPS) is 19.8. The number of nitrogens with two attached hydrogens (primary N) is 1. The molecular formula is C32H38N6O3S. The molecule has 2 fully saturated rings. The molecule has 0 unspecified atom stereocenters. The SMILES string of the molecule is C[C@@H]1COCCN1c1cc(C2([S@](C)(=O)=CC(C)(C)C(N)=O)CC2)nc(-c2ccnc3c2ccn3Cc2ccccc2)n1. The van der Waals surface area contributed by atoms with E-state index in [1.54, 1.807) is 31.7 Å². The Hall–Kier alpha value is -3.76. The van der Waals surface area contributed by atoms with E-state index in [-0.39, 0.29) is 6.04 Å². The number of pyridine rings is 1. The fraction of sp³-hybridized carbons (Fsp3) is 0.406. The van der Waals surface area contributed by atoms with Crippen molar-refractivity contribution in [3.63, 3.8) is 0 Å². The highest BCUT2D eigenvalue weighted by atomic mass is 32.2. The molecule has 10 heteroatoms. The van der Waals surface area contributed by atoms with Crippen molar-refractivity contribution in [2.24, 2.45) is 11.1 Å². The van der Waals surface area contributed by atoms with E-state index in [9.17, 15) is 9.00 Å². The molecule has 9 nitrogen and oxygen atoms in total. The summed E-state index contributed by atoms with van der Waals surface area (Å²) in [6, 6.07) is 16.4. The zero-order valence-corrected chi connectivity index (χ0v) is 25.4. The maximum atomic E-state index is 14.4. The van der Waals surface area contributed by atoms with Crippen LogP contribution in [-0.4, -0.2) is 67.1 Å². The molecule has 2 N–H and O–H groups in total. The van der Waals surface area contributed by atoms with Gasteiger partial charge in [0.1, 0.15) is 11.5 Å². The molecule has 3 aromatic heterocycles. The van der Waals surface area contributed by atoms with E-state index < -0.39 is 25.6 Å². The molecular weight excluding hydrogens is 548 g/mol. The highest BCUT2D eigenvalue weighted by molar-refractivity contribution is 8.01. The molecule has 4 aromatic rings. The number of hydrogen-bond donors (Lipinski definition) is 1. The predicted octanol–water partition coefficient (Wildman–Crippen LogP) is 3.98. The Morgan fingerprint density at radius 3 is 2.64 bits per heavy atom. The molecule has 0 bridgehead atoms. The van der Waals surface area contributed by atoms with Gasteiger partial charge in [-0.1, -0.05) is 30.3 Å². The van der Waals surface area contributed by atoms with Crippen molar-refractivity contribution in [2.45, 2.75) is 50.9 Å². The summed E-state index contributed by atoms with van der Waals surface area (Å²) < 4.78 is 21.6. The van der Waals surface area contributed by atoms with Gasteiger partial charge in [0.15, 0.2) is 5.82 Å². The molecule has 1 amide bonds. The van der Waals surface area contributed by atoms with Crippen LogP contribution in [0.5, 0.6) is 0 Å². The number of anilines is 1. The van der Waals surface area contributed by atoms with Gasteiger partial charge < -0.3 is 19.9 Å². The van der Waals surface area contributed by atoms with Gasteiger partial charge in [-0.25, -0.2) is 15.0 Å². The van der Waals surface area contributed by atoms with Gasteiger partial charge >= 0.3 is 0 Å². The van der Waals surface area contributed by atoms with Crippen molar-refractivity contribution in [2.75, 3.05) is 30.9 Å². The number of ether oxygens (including phenoxy) is 1. The molecule has 0 radical (unpaired) electrons. The van der Waals surface area contributed by atoms with E-state index in [1.807, 2.05) is 36.5 Å². The van der Waals surface area contributed by atoms with Gasteiger partial charge in [0.2, 0.25) is 5.91 Å². The zero-order valence-electron chi connectivity index (χ0n) is 24.6. The molecule has 2 aliphatic rings. The number of carbonyl (C=O) groups is 1. The second-order valence-corrected chi connectivity index (χ2v) is 15.0. The molecule has 1 saturated heterocycles. The van der Waals surface area contributed by atoms with E-state index in [0.29, 0.717) is 45.0 Å². The van der Waals surface area contributed by atoms with Crippen LogP contribution >= 0.6 is 0 Å². The van der Waals surface area contributed by atoms with Crippen molar-refractivity contribution in [1.82, 2.24) is 19.5 Å². The summed E-state index contributed by atoms with van der Waals surface area (Å²) in [6.45, 7) is 8.16. The molecule has 4 heterocycles. The van der Waals surface area contributed by atoms with Crippen LogP contribution in [0.4, 0.5) is 5.82 Å². The zero-order chi connectivity index (χ0) is 29.7. The number of aromatic nitrogens is 4. The summed E-state index contributed by atoms with van der Waals surface area (Å²) in [5, 5.41) is 2.61. The van der Waals surface area contributed by atoms with Crippen LogP contribution in [0.25, 0.3) is 22.4 Å². The second-order valence-electron chi connectivity index (χ2n) is 12.2. The van der Waals surface area contributed by atoms with E-state index in [4.69, 9.17) is 25.4 Å². The quantitative estimate of drug-likeness (QED) is 0.311. The van der Waals surface area contributed by atoms with Crippen LogP contribution in [0.3, 0.4) is 0 Å². The highest BCUT2D eigenvalue weighted by Gasteiger charge is 2.53. The minimum Gasteiger partial charge on any atom is -0.377 e. The van der Waals surface area contributed by atoms with Gasteiger partial charge in [-0.05, 0) is 66.2 Å². The maximum Gasteiger partial charge on any atom is 0.227 e. The van der Waals surface area contributed by atoms with Crippen molar-refractivity contribution in [3.8, 4) is 11.4 Å². The fourth-order valence-electron chi connectivity index (χ4n) is 5.91. The largest absolute Gasteiger partial charge is 0.377 e. The lowest BCUT2D eigenvalue weighted by atomic mass is 9.96. The van der Waals surface area contributed by atoms with Crippen LogP contribution in [0.15, 0.2) is 60.9 Å². The summed E-state index contributed by atoms with van der Waals surface area (Å²) in [5.74, 6) is 0.857. The topological polar surface area (TPSA) is 116 Å². The Balaban J connectivity index is 1.50. The molecule has 2 atom stereocenters. The number of hydrogen-bond acceptors (Lipinski definition) is 7. The van der Waals surface area contributed by atoms with Crippen molar-refractivity contribution in [1.29, 1.82) is 0 Å². The van der Waals surface area contributed by atoms with E-state index >= 15 is 0 Å². The first-order chi connectivity index (χ1) is 20.0. The Morgan fingerprint density at radius 1 is 1.19 bits per heavy atom. The third-order valence-corrected chi connectivity index (χ3v) is 11.8. The van der Waals surface area contributed by atoms with Crippen LogP contribution in [0, 0.1) is 5.41 Å². The summed E-state index contributed by atoms with van der Waals surface area (Å²) in [7, 11) is -2.66. The van der Waals surface area contributed by atoms with Gasteiger partial charge in [0.05, 0.1) is 35.1 Å². The molecule has 42 heavy (non-hydrogen) atoms. The summed E-state index contributed by atoms with van der Waals surface area (Å²) in [4.78, 5) is 29.3. The number of nitrogens with zero attached hydrogens (tertiary/aromatic N) is 5. The first kappa shape index (κ1) is 28.4. The van der Waals surface area contributed by atoms with Gasteiger partial charge in [-0.2, -0.15) is 0 Å². The van der Waals surface area contributed by atoms with E-state index in [1.165, 1.54) is 5.56 Å². The summed E-state index contributed by atoms with van der Waals surface area (Å²) in [6.07, 6.45) is 7.00. The maximum absolute atomic E-state index is 14.4. The first-order valence-corrected chi connectivity index (χ1v) is 16.4. The molecule has 6 rings (SSSR count). The van der Waals surface area contributed by atoms with Crippen molar-refractivity contribution in [3.05, 3.63) is 72.2 Å². The molecule has 1 aliphatic carbocycles. The highest BCUT2D eigenvalue weighted by Crippen LogP contribution is 2.53. The number of fused-ring (bicyclic) bond motifs is 1. The number of amides is 1. The lowest BCUT2D eigenvalue weighted by molar-refractivity contribution is -0.122. The van der Waals surface area contributed by atoms with Crippen LogP contribution in [-0.2, 0) is 30.3 Å². The lowest BCUT2D eigenvalue weighted by Crippen LogP contribution is -2.44. The molecule has 1 aliphatic heterocycles. The summed E-state index contributed by atoms with van der Waals surface area (Å²) in [5.41, 5.74) is 8.30. The third-order valence-electron chi connectivity index (χ3n) is 8.57. The third kappa shape index (κ3) is 5.07. The monoisotopic (exact) mass is 586 g/mol. The van der Waals surface area contributed by atoms with Crippen LogP contribution in [0.1, 0.15) is 44.9 Å². The fourth-order valence-corrected chi connectivity index (χ4v) is 8.81. The predicted molar refractivity (Wildman–Crippen MR) is 168 cm³/mol. The molecule has 1 saturated carbocycles. The van der Waals surface area contributed by atoms with Crippen molar-refractivity contribution < 1.29 is 13.7 Å². The molecule has 0 spiro atoms. The Labute approximate surface area is 247 Å². The average molecular weight is 587 g/mol. The first-order valence-electron chi connectivity index (χ1n) is 14.4.